The molecule has 24 heavy (non-hydrogen) atoms. The molecule has 136 valence electrons. The highest BCUT2D eigenvalue weighted by molar-refractivity contribution is 7.91. The van der Waals surface area contributed by atoms with Crippen LogP contribution in [-0.2, 0) is 14.8 Å². The average Bonchev–Trinajstić information content (AvgIpc) is 2.31. The molecule has 5 rings (SSSR count). The van der Waals surface area contributed by atoms with E-state index in [1.54, 1.807) is 27.7 Å². The van der Waals surface area contributed by atoms with Crippen molar-refractivity contribution < 1.29 is 18.3 Å². The monoisotopic (exact) mass is 356 g/mol. The van der Waals surface area contributed by atoms with Crippen LogP contribution in [0.4, 0.5) is 0 Å². The van der Waals surface area contributed by atoms with Crippen molar-refractivity contribution in [1.29, 1.82) is 0 Å². The van der Waals surface area contributed by atoms with Crippen LogP contribution in [0.5, 0.6) is 0 Å². The highest BCUT2D eigenvalue weighted by atomic mass is 32.2. The number of ether oxygens (including phenoxy) is 1. The molecule has 0 aromatic heterocycles. The minimum Gasteiger partial charge on any atom is -0.457 e. The van der Waals surface area contributed by atoms with Crippen LogP contribution in [0, 0.1) is 11.8 Å². The molecule has 0 radical (unpaired) electrons. The molecule has 6 nitrogen and oxygen atoms in total. The Bertz CT molecular complexity index is 696. The molecule has 4 atom stereocenters. The minimum atomic E-state index is -3.58. The Morgan fingerprint density at radius 1 is 1.12 bits per heavy atom. The van der Waals surface area contributed by atoms with Gasteiger partial charge in [-0.2, -0.15) is 0 Å². The predicted octanol–water partition coefficient (Wildman–Crippen LogP) is 1.93. The molecule has 1 saturated heterocycles. The molecule has 2 unspecified atom stereocenters. The summed E-state index contributed by atoms with van der Waals surface area (Å²) in [6.07, 6.45) is 5.35. The zero-order valence-corrected chi connectivity index (χ0v) is 15.7. The third-order valence-corrected chi connectivity index (χ3v) is 9.31. The summed E-state index contributed by atoms with van der Waals surface area (Å²) in [5.41, 5.74) is -1.89. The highest BCUT2D eigenvalue weighted by Gasteiger charge is 2.59. The van der Waals surface area contributed by atoms with E-state index in [9.17, 15) is 13.5 Å². The van der Waals surface area contributed by atoms with Gasteiger partial charge in [0.15, 0.2) is 0 Å². The first-order valence-corrected chi connectivity index (χ1v) is 10.4. The second-order valence-corrected chi connectivity index (χ2v) is 11.8. The smallest absolute Gasteiger partial charge is 0.299 e. The Kier molecular flexibility index (Phi) is 3.10. The van der Waals surface area contributed by atoms with Crippen LogP contribution >= 0.6 is 0 Å². The van der Waals surface area contributed by atoms with E-state index < -0.39 is 26.0 Å². The number of hydrogen-bond acceptors (Lipinski definition) is 5. The Labute approximate surface area is 144 Å². The van der Waals surface area contributed by atoms with Crippen molar-refractivity contribution >= 4 is 16.0 Å². The van der Waals surface area contributed by atoms with Gasteiger partial charge in [0.25, 0.3) is 6.02 Å². The van der Waals surface area contributed by atoms with Crippen LogP contribution in [0.15, 0.2) is 4.99 Å². The molecule has 4 aliphatic carbocycles. The summed E-state index contributed by atoms with van der Waals surface area (Å²) in [7, 11) is -3.58. The van der Waals surface area contributed by atoms with Gasteiger partial charge in [-0.1, -0.05) is 0 Å². The molecule has 5 aliphatic rings. The molecule has 1 aliphatic heterocycles. The normalized spacial score (nSPS) is 48.8. The summed E-state index contributed by atoms with van der Waals surface area (Å²) in [6.45, 7) is 6.90. The van der Waals surface area contributed by atoms with Gasteiger partial charge in [0, 0.05) is 6.42 Å². The number of nitrogens with zero attached hydrogens (tertiary/aromatic N) is 1. The fourth-order valence-electron chi connectivity index (χ4n) is 5.51. The SMILES string of the molecule is CC1(C)OC(=NC23C[C@@H]4C[C@@H](CC(O)(C4)C2)C3)NS(=O)(=O)C1(C)C. The number of aliphatic hydroxyl groups is 1. The van der Waals surface area contributed by atoms with Crippen LogP contribution in [0.2, 0.25) is 0 Å². The minimum absolute atomic E-state index is 0.102. The lowest BCUT2D eigenvalue weighted by molar-refractivity contribution is -0.133. The summed E-state index contributed by atoms with van der Waals surface area (Å²) >= 11 is 0. The van der Waals surface area contributed by atoms with Crippen LogP contribution in [0.25, 0.3) is 0 Å². The van der Waals surface area contributed by atoms with Gasteiger partial charge >= 0.3 is 0 Å². The van der Waals surface area contributed by atoms with Crippen molar-refractivity contribution in [3.8, 4) is 0 Å². The quantitative estimate of drug-likeness (QED) is 0.751. The fourth-order valence-corrected chi connectivity index (χ4v) is 6.77. The van der Waals surface area contributed by atoms with E-state index in [1.165, 1.54) is 6.42 Å². The number of amidine groups is 1. The van der Waals surface area contributed by atoms with Crippen LogP contribution in [0.1, 0.15) is 66.2 Å². The third-order valence-electron chi connectivity index (χ3n) is 7.03. The van der Waals surface area contributed by atoms with E-state index in [0.717, 1.165) is 25.7 Å². The molecule has 0 amide bonds. The van der Waals surface area contributed by atoms with Gasteiger partial charge < -0.3 is 9.84 Å². The predicted molar refractivity (Wildman–Crippen MR) is 91.1 cm³/mol. The van der Waals surface area contributed by atoms with Gasteiger partial charge in [0.1, 0.15) is 10.3 Å². The van der Waals surface area contributed by atoms with Crippen LogP contribution < -0.4 is 4.72 Å². The van der Waals surface area contributed by atoms with Gasteiger partial charge in [-0.15, -0.1) is 0 Å². The summed E-state index contributed by atoms with van der Waals surface area (Å²) in [5.74, 6) is 0.982. The number of aliphatic imine (C=N–C) groups is 1. The molecule has 4 saturated carbocycles. The molecule has 0 aromatic carbocycles. The number of sulfonamides is 1. The van der Waals surface area contributed by atoms with Crippen molar-refractivity contribution in [3.63, 3.8) is 0 Å². The molecule has 0 spiro atoms. The van der Waals surface area contributed by atoms with Gasteiger partial charge in [-0.25, -0.2) is 18.1 Å². The van der Waals surface area contributed by atoms with E-state index >= 15 is 0 Å². The molecule has 0 aromatic rings. The molecule has 2 N–H and O–H groups in total. The molecule has 1 heterocycles. The second kappa shape index (κ2) is 4.47. The summed E-state index contributed by atoms with van der Waals surface area (Å²) in [6, 6.07) is 0.102. The number of rotatable bonds is 1. The highest BCUT2D eigenvalue weighted by Crippen LogP contribution is 2.59. The zero-order valence-electron chi connectivity index (χ0n) is 14.9. The molecule has 5 fully saturated rings. The first kappa shape index (κ1) is 16.6. The number of nitrogens with one attached hydrogen (secondary N) is 1. The van der Waals surface area contributed by atoms with Crippen molar-refractivity contribution in [2.45, 2.75) is 87.7 Å². The zero-order chi connectivity index (χ0) is 17.6. The fraction of sp³-hybridized carbons (Fsp3) is 0.941. The lowest BCUT2D eigenvalue weighted by Gasteiger charge is -2.58. The molecule has 7 heteroatoms. The van der Waals surface area contributed by atoms with Crippen LogP contribution in [-0.4, -0.2) is 41.0 Å². The van der Waals surface area contributed by atoms with Crippen LogP contribution in [0.3, 0.4) is 0 Å². The van der Waals surface area contributed by atoms with Crippen molar-refractivity contribution in [2.24, 2.45) is 16.8 Å². The average molecular weight is 356 g/mol. The molecular weight excluding hydrogens is 328 g/mol. The first-order chi connectivity index (χ1) is 10.9. The van der Waals surface area contributed by atoms with E-state index in [4.69, 9.17) is 9.73 Å². The van der Waals surface area contributed by atoms with Gasteiger partial charge in [0.2, 0.25) is 10.0 Å². The van der Waals surface area contributed by atoms with Gasteiger partial charge in [0.05, 0.1) is 11.1 Å². The molecular formula is C17H28N2O4S. The number of hydrogen-bond donors (Lipinski definition) is 2. The van der Waals surface area contributed by atoms with Crippen molar-refractivity contribution in [2.75, 3.05) is 0 Å². The summed E-state index contributed by atoms with van der Waals surface area (Å²) in [5, 5.41) is 10.8. The Morgan fingerprint density at radius 2 is 1.71 bits per heavy atom. The maximum atomic E-state index is 12.7. The van der Waals surface area contributed by atoms with Crippen molar-refractivity contribution in [1.82, 2.24) is 4.72 Å². The largest absolute Gasteiger partial charge is 0.457 e. The lowest BCUT2D eigenvalue weighted by atomic mass is 9.51. The first-order valence-electron chi connectivity index (χ1n) is 8.89. The second-order valence-electron chi connectivity index (χ2n) is 9.55. The Hall–Kier alpha value is -0.820. The maximum absolute atomic E-state index is 12.7. The lowest BCUT2D eigenvalue weighted by Crippen LogP contribution is -2.65. The van der Waals surface area contributed by atoms with E-state index in [1.807, 2.05) is 0 Å². The topological polar surface area (TPSA) is 88.0 Å². The van der Waals surface area contributed by atoms with Gasteiger partial charge in [-0.3, -0.25) is 0 Å². The van der Waals surface area contributed by atoms with Crippen molar-refractivity contribution in [3.05, 3.63) is 0 Å². The summed E-state index contributed by atoms with van der Waals surface area (Å²) < 4.78 is 32.8. The van der Waals surface area contributed by atoms with E-state index in [-0.39, 0.29) is 11.6 Å². The standard InChI is InChI=1S/C17H28N2O4S/c1-14(2)15(3,4)24(21,22)19-13(23-14)18-16-6-11-5-12(7-16)9-17(20,8-11)10-16/h11-12,20H,5-10H2,1-4H3,(H,18,19)/t11-,12+,16?,17?. The molecule has 4 bridgehead atoms. The third kappa shape index (κ3) is 2.23. The van der Waals surface area contributed by atoms with E-state index in [0.29, 0.717) is 18.3 Å². The van der Waals surface area contributed by atoms with Gasteiger partial charge in [-0.05, 0) is 71.6 Å². The van der Waals surface area contributed by atoms with E-state index in [2.05, 4.69) is 4.72 Å². The summed E-state index contributed by atoms with van der Waals surface area (Å²) in [4.78, 5) is 4.77. The Morgan fingerprint density at radius 3 is 2.21 bits per heavy atom. The maximum Gasteiger partial charge on any atom is 0.299 e. The Balaban J connectivity index is 1.70.